The largest absolute Gasteiger partial charge is 0.433 e. The van der Waals surface area contributed by atoms with Crippen LogP contribution in [0.3, 0.4) is 0 Å². The lowest BCUT2D eigenvalue weighted by atomic mass is 10.1. The Balaban J connectivity index is 1.66. The molecule has 158 valence electrons. The molecule has 3 aromatic heterocycles. The molecule has 1 amide bonds. The predicted octanol–water partition coefficient (Wildman–Crippen LogP) is 6.02. The van der Waals surface area contributed by atoms with E-state index >= 15 is 0 Å². The average molecular weight is 487 g/mol. The van der Waals surface area contributed by atoms with E-state index < -0.39 is 22.9 Å². The minimum absolute atomic E-state index is 0.217. The van der Waals surface area contributed by atoms with E-state index in [1.165, 1.54) is 12.1 Å². The Morgan fingerprint density at radius 1 is 1.00 bits per heavy atom. The number of halogens is 6. The van der Waals surface area contributed by atoms with Gasteiger partial charge in [0.25, 0.3) is 5.91 Å². The first kappa shape index (κ1) is 21.4. The molecule has 1 N–H and O–H groups in total. The van der Waals surface area contributed by atoms with Gasteiger partial charge in [0, 0.05) is 17.4 Å². The number of anilines is 1. The van der Waals surface area contributed by atoms with Crippen molar-refractivity contribution in [3.63, 3.8) is 0 Å². The number of rotatable bonds is 3. The molecule has 0 saturated heterocycles. The molecule has 0 aliphatic heterocycles. The average Bonchev–Trinajstić information content (AvgIpc) is 3.14. The van der Waals surface area contributed by atoms with Crippen LogP contribution in [-0.4, -0.2) is 25.5 Å². The summed E-state index contributed by atoms with van der Waals surface area (Å²) in [4.78, 5) is 15.8. The first-order valence-corrected chi connectivity index (χ1v) is 9.63. The zero-order valence-corrected chi connectivity index (χ0v) is 17.4. The summed E-state index contributed by atoms with van der Waals surface area (Å²) in [5.41, 5.74) is -0.233. The lowest BCUT2D eigenvalue weighted by Gasteiger charge is -2.11. The van der Waals surface area contributed by atoms with Crippen molar-refractivity contribution >= 4 is 52.0 Å². The second kappa shape index (κ2) is 7.99. The van der Waals surface area contributed by atoms with Gasteiger partial charge in [0.15, 0.2) is 11.5 Å². The van der Waals surface area contributed by atoms with Crippen molar-refractivity contribution in [2.75, 3.05) is 5.32 Å². The Morgan fingerprint density at radius 2 is 1.77 bits per heavy atom. The predicted molar refractivity (Wildman–Crippen MR) is 111 cm³/mol. The number of pyridine rings is 2. The Morgan fingerprint density at radius 3 is 2.48 bits per heavy atom. The molecule has 4 aromatic rings. The van der Waals surface area contributed by atoms with Crippen LogP contribution in [0.4, 0.5) is 18.9 Å². The number of alkyl halides is 3. The van der Waals surface area contributed by atoms with Crippen molar-refractivity contribution in [2.24, 2.45) is 0 Å². The number of carbonyl (C=O) groups excluding carboxylic acids is 1. The fraction of sp³-hybridized carbons (Fsp3) is 0.0526. The molecule has 6 nitrogen and oxygen atoms in total. The third-order valence-corrected chi connectivity index (χ3v) is 5.15. The van der Waals surface area contributed by atoms with Gasteiger partial charge >= 0.3 is 6.18 Å². The van der Waals surface area contributed by atoms with Gasteiger partial charge in [-0.3, -0.25) is 9.20 Å². The quantitative estimate of drug-likeness (QED) is 0.359. The lowest BCUT2D eigenvalue weighted by Crippen LogP contribution is -2.15. The molecule has 0 radical (unpaired) electrons. The van der Waals surface area contributed by atoms with Crippen molar-refractivity contribution in [3.8, 4) is 11.4 Å². The van der Waals surface area contributed by atoms with E-state index in [9.17, 15) is 18.0 Å². The molecular formula is C19H9Cl3F3N5O. The molecule has 0 unspecified atom stereocenters. The number of nitrogens with one attached hydrogen (secondary N) is 1. The van der Waals surface area contributed by atoms with Crippen molar-refractivity contribution in [1.82, 2.24) is 19.6 Å². The van der Waals surface area contributed by atoms with E-state index in [0.717, 1.165) is 6.07 Å². The van der Waals surface area contributed by atoms with Crippen LogP contribution in [0.5, 0.6) is 0 Å². The SMILES string of the molecule is O=C(Nc1ccc(Cl)c(-c2nnc3c(Cl)cccn23)c1)c1ccc(C(F)(F)F)nc1Cl. The van der Waals surface area contributed by atoms with Gasteiger partial charge in [-0.2, -0.15) is 13.2 Å². The Labute approximate surface area is 187 Å². The maximum atomic E-state index is 12.7. The summed E-state index contributed by atoms with van der Waals surface area (Å²) in [6, 6.07) is 9.61. The van der Waals surface area contributed by atoms with E-state index in [1.807, 2.05) is 0 Å². The normalized spacial score (nSPS) is 11.7. The van der Waals surface area contributed by atoms with Crippen molar-refractivity contribution in [3.05, 3.63) is 75.1 Å². The second-order valence-electron chi connectivity index (χ2n) is 6.25. The Kier molecular flexibility index (Phi) is 5.50. The number of hydrogen-bond acceptors (Lipinski definition) is 4. The molecular weight excluding hydrogens is 478 g/mol. The molecule has 12 heteroatoms. The van der Waals surface area contributed by atoms with E-state index in [-0.39, 0.29) is 5.56 Å². The molecule has 0 bridgehead atoms. The summed E-state index contributed by atoms with van der Waals surface area (Å²) in [5, 5.41) is 10.9. The highest BCUT2D eigenvalue weighted by atomic mass is 35.5. The zero-order valence-electron chi connectivity index (χ0n) is 15.1. The number of fused-ring (bicyclic) bond motifs is 1. The first-order valence-electron chi connectivity index (χ1n) is 8.49. The highest BCUT2D eigenvalue weighted by molar-refractivity contribution is 6.34. The van der Waals surface area contributed by atoms with Crippen molar-refractivity contribution < 1.29 is 18.0 Å². The molecule has 0 spiro atoms. The number of nitrogens with zero attached hydrogens (tertiary/aromatic N) is 4. The highest BCUT2D eigenvalue weighted by Gasteiger charge is 2.33. The molecule has 0 fully saturated rings. The molecule has 3 heterocycles. The number of benzene rings is 1. The van der Waals surface area contributed by atoms with Crippen molar-refractivity contribution in [2.45, 2.75) is 6.18 Å². The molecule has 0 aliphatic rings. The molecule has 0 atom stereocenters. The van der Waals surface area contributed by atoms with Gasteiger partial charge in [-0.1, -0.05) is 34.8 Å². The van der Waals surface area contributed by atoms with Crippen LogP contribution in [0.15, 0.2) is 48.7 Å². The summed E-state index contributed by atoms with van der Waals surface area (Å²) >= 11 is 18.2. The number of amides is 1. The van der Waals surface area contributed by atoms with Gasteiger partial charge in [-0.25, -0.2) is 4.98 Å². The standard InChI is InChI=1S/C19H9Cl3F3N5O/c20-12-5-3-9(8-11(12)16-28-29-17-13(21)2-1-7-30(16)17)26-18(31)10-4-6-14(19(23,24)25)27-15(10)22/h1-8H,(H,26,31). The van der Waals surface area contributed by atoms with Gasteiger partial charge < -0.3 is 5.32 Å². The number of aromatic nitrogens is 4. The minimum atomic E-state index is -4.67. The molecule has 1 aromatic carbocycles. The van der Waals surface area contributed by atoms with Gasteiger partial charge in [0.2, 0.25) is 0 Å². The van der Waals surface area contributed by atoms with Crippen LogP contribution in [0.1, 0.15) is 16.1 Å². The van der Waals surface area contributed by atoms with Gasteiger partial charge in [0.1, 0.15) is 10.8 Å². The summed E-state index contributed by atoms with van der Waals surface area (Å²) in [5.74, 6) is -0.360. The zero-order chi connectivity index (χ0) is 22.3. The van der Waals surface area contributed by atoms with E-state index in [1.54, 1.807) is 28.8 Å². The van der Waals surface area contributed by atoms with Crippen molar-refractivity contribution in [1.29, 1.82) is 0 Å². The van der Waals surface area contributed by atoms with Crippen LogP contribution >= 0.6 is 34.8 Å². The summed E-state index contributed by atoms with van der Waals surface area (Å²) in [6.07, 6.45) is -2.97. The first-order chi connectivity index (χ1) is 14.6. The summed E-state index contributed by atoms with van der Waals surface area (Å²) in [6.45, 7) is 0. The summed E-state index contributed by atoms with van der Waals surface area (Å²) in [7, 11) is 0. The van der Waals surface area contributed by atoms with Gasteiger partial charge in [-0.15, -0.1) is 10.2 Å². The maximum absolute atomic E-state index is 12.7. The van der Waals surface area contributed by atoms with Crippen LogP contribution in [-0.2, 0) is 6.18 Å². The fourth-order valence-corrected chi connectivity index (χ4v) is 3.45. The highest BCUT2D eigenvalue weighted by Crippen LogP contribution is 2.32. The fourth-order valence-electron chi connectivity index (χ4n) is 2.80. The topological polar surface area (TPSA) is 72.2 Å². The third kappa shape index (κ3) is 4.16. The Bertz CT molecular complexity index is 1320. The molecule has 4 rings (SSSR count). The smallest absolute Gasteiger partial charge is 0.322 e. The molecule has 0 aliphatic carbocycles. The molecule has 31 heavy (non-hydrogen) atoms. The van der Waals surface area contributed by atoms with Crippen LogP contribution in [0.2, 0.25) is 15.2 Å². The molecule has 0 saturated carbocycles. The maximum Gasteiger partial charge on any atom is 0.433 e. The Hall–Kier alpha value is -2.88. The van der Waals surface area contributed by atoms with Gasteiger partial charge in [-0.05, 0) is 42.5 Å². The second-order valence-corrected chi connectivity index (χ2v) is 7.43. The monoisotopic (exact) mass is 485 g/mol. The number of carbonyl (C=O) groups is 1. The van der Waals surface area contributed by atoms with Gasteiger partial charge in [0.05, 0.1) is 15.6 Å². The van der Waals surface area contributed by atoms with Crippen LogP contribution in [0.25, 0.3) is 17.0 Å². The summed E-state index contributed by atoms with van der Waals surface area (Å²) < 4.78 is 39.9. The number of hydrogen-bond donors (Lipinski definition) is 1. The van der Waals surface area contributed by atoms with E-state index in [0.29, 0.717) is 38.8 Å². The lowest BCUT2D eigenvalue weighted by molar-refractivity contribution is -0.141. The van der Waals surface area contributed by atoms with Crippen LogP contribution < -0.4 is 5.32 Å². The minimum Gasteiger partial charge on any atom is -0.322 e. The third-order valence-electron chi connectivity index (χ3n) is 4.24. The van der Waals surface area contributed by atoms with E-state index in [2.05, 4.69) is 20.5 Å². The van der Waals surface area contributed by atoms with Crippen LogP contribution in [0, 0.1) is 0 Å². The van der Waals surface area contributed by atoms with E-state index in [4.69, 9.17) is 34.8 Å².